The highest BCUT2D eigenvalue weighted by Crippen LogP contribution is 2.27. The summed E-state index contributed by atoms with van der Waals surface area (Å²) in [5.41, 5.74) is 5.44. The zero-order valence-corrected chi connectivity index (χ0v) is 14.3. The molecule has 3 N–H and O–H groups in total. The van der Waals surface area contributed by atoms with E-state index in [1.54, 1.807) is 6.07 Å². The fourth-order valence-corrected chi connectivity index (χ4v) is 4.24. The summed E-state index contributed by atoms with van der Waals surface area (Å²) in [5.74, 6) is -0.506. The van der Waals surface area contributed by atoms with Crippen LogP contribution in [0.5, 0.6) is 0 Å². The highest BCUT2D eigenvalue weighted by molar-refractivity contribution is 7.89. The molecule has 128 valence electrons. The monoisotopic (exact) mass is 361 g/mol. The van der Waals surface area contributed by atoms with Crippen molar-refractivity contribution in [2.45, 2.75) is 43.0 Å². The molecular formula is C15H21ClFN3O2S. The highest BCUT2D eigenvalue weighted by Gasteiger charge is 2.27. The predicted octanol–water partition coefficient (Wildman–Crippen LogP) is 2.31. The minimum atomic E-state index is -3.82. The Morgan fingerprint density at radius 3 is 2.57 bits per heavy atom. The number of benzene rings is 1. The van der Waals surface area contributed by atoms with E-state index in [4.69, 9.17) is 11.0 Å². The summed E-state index contributed by atoms with van der Waals surface area (Å²) in [6, 6.07) is 4.51. The Balaban J connectivity index is 0.00000264. The number of nitriles is 1. The van der Waals surface area contributed by atoms with Gasteiger partial charge in [-0.3, -0.25) is 0 Å². The molecule has 1 aliphatic rings. The molecule has 0 amide bonds. The number of hydrogen-bond acceptors (Lipinski definition) is 4. The van der Waals surface area contributed by atoms with E-state index in [1.807, 2.05) is 0 Å². The van der Waals surface area contributed by atoms with Gasteiger partial charge in [-0.25, -0.2) is 17.5 Å². The van der Waals surface area contributed by atoms with E-state index < -0.39 is 15.8 Å². The Kier molecular flexibility index (Phi) is 7.42. The van der Waals surface area contributed by atoms with Crippen molar-refractivity contribution in [2.75, 3.05) is 6.54 Å². The molecule has 0 aliphatic heterocycles. The lowest BCUT2D eigenvalue weighted by atomic mass is 9.84. The fourth-order valence-electron chi connectivity index (χ4n) is 2.90. The van der Waals surface area contributed by atoms with Crippen LogP contribution in [0.1, 0.15) is 37.7 Å². The molecule has 8 heteroatoms. The summed E-state index contributed by atoms with van der Waals surface area (Å²) in [6.45, 7) is 0.218. The molecule has 1 saturated carbocycles. The lowest BCUT2D eigenvalue weighted by molar-refractivity contribution is 0.294. The summed E-state index contributed by atoms with van der Waals surface area (Å²) in [6.07, 6.45) is 5.24. The number of sulfonamides is 1. The third kappa shape index (κ3) is 4.88. The van der Waals surface area contributed by atoms with Crippen LogP contribution in [-0.2, 0) is 10.0 Å². The van der Waals surface area contributed by atoms with Gasteiger partial charge in [-0.1, -0.05) is 19.3 Å². The first-order valence-electron chi connectivity index (χ1n) is 7.40. The Labute approximate surface area is 142 Å². The van der Waals surface area contributed by atoms with Gasteiger partial charge in [0.1, 0.15) is 11.9 Å². The number of hydrogen-bond donors (Lipinski definition) is 2. The van der Waals surface area contributed by atoms with Gasteiger partial charge >= 0.3 is 0 Å². The summed E-state index contributed by atoms with van der Waals surface area (Å²) in [5, 5.41) is 8.82. The topological polar surface area (TPSA) is 96.0 Å². The van der Waals surface area contributed by atoms with Crippen LogP contribution in [0.25, 0.3) is 0 Å². The maximum absolute atomic E-state index is 13.3. The van der Waals surface area contributed by atoms with Crippen molar-refractivity contribution < 1.29 is 12.8 Å². The standard InChI is InChI=1S/C15H20FN3O2S.ClH/c16-14-7-6-13(8-12(14)9-17)22(20,21)19-15(10-18)11-4-2-1-3-5-11;/h6-8,11,15,19H,1-5,10,18H2;1H. The van der Waals surface area contributed by atoms with Gasteiger partial charge < -0.3 is 5.73 Å². The molecule has 2 rings (SSSR count). The fraction of sp³-hybridized carbons (Fsp3) is 0.533. The number of halogens is 2. The van der Waals surface area contributed by atoms with Crippen LogP contribution < -0.4 is 10.5 Å². The highest BCUT2D eigenvalue weighted by atomic mass is 35.5. The van der Waals surface area contributed by atoms with E-state index in [0.29, 0.717) is 0 Å². The smallest absolute Gasteiger partial charge is 0.240 e. The molecule has 1 atom stereocenters. The van der Waals surface area contributed by atoms with Crippen LogP contribution in [0, 0.1) is 23.1 Å². The Bertz CT molecular complexity index is 670. The molecule has 0 heterocycles. The van der Waals surface area contributed by atoms with Crippen LogP contribution in [0.3, 0.4) is 0 Å². The first-order chi connectivity index (χ1) is 10.5. The van der Waals surface area contributed by atoms with Crippen LogP contribution in [-0.4, -0.2) is 21.0 Å². The summed E-state index contributed by atoms with van der Waals surface area (Å²) >= 11 is 0. The zero-order valence-electron chi connectivity index (χ0n) is 12.7. The molecule has 23 heavy (non-hydrogen) atoms. The second kappa shape index (κ2) is 8.60. The van der Waals surface area contributed by atoms with Crippen molar-refractivity contribution >= 4 is 22.4 Å². The third-order valence-electron chi connectivity index (χ3n) is 4.15. The normalized spacial score (nSPS) is 17.1. The molecule has 1 aliphatic carbocycles. The van der Waals surface area contributed by atoms with Crippen molar-refractivity contribution in [1.29, 1.82) is 5.26 Å². The summed E-state index contributed by atoms with van der Waals surface area (Å²) < 4.78 is 40.8. The van der Waals surface area contributed by atoms with Gasteiger partial charge in [0.15, 0.2) is 0 Å². The number of rotatable bonds is 5. The lowest BCUT2D eigenvalue weighted by Gasteiger charge is -2.29. The molecule has 0 spiro atoms. The Hall–Kier alpha value is -1.20. The lowest BCUT2D eigenvalue weighted by Crippen LogP contribution is -2.45. The maximum Gasteiger partial charge on any atom is 0.240 e. The van der Waals surface area contributed by atoms with Crippen LogP contribution in [0.2, 0.25) is 0 Å². The van der Waals surface area contributed by atoms with Crippen molar-refractivity contribution in [2.24, 2.45) is 11.7 Å². The van der Waals surface area contributed by atoms with E-state index in [0.717, 1.165) is 43.9 Å². The predicted molar refractivity (Wildman–Crippen MR) is 88.1 cm³/mol. The molecule has 0 aromatic heterocycles. The summed E-state index contributed by atoms with van der Waals surface area (Å²) in [7, 11) is -3.82. The van der Waals surface area contributed by atoms with Crippen molar-refractivity contribution in [1.82, 2.24) is 4.72 Å². The molecule has 0 saturated heterocycles. The minimum Gasteiger partial charge on any atom is -0.329 e. The molecule has 1 aromatic rings. The van der Waals surface area contributed by atoms with Gasteiger partial charge in [0, 0.05) is 12.6 Å². The summed E-state index contributed by atoms with van der Waals surface area (Å²) in [4.78, 5) is -0.111. The van der Waals surface area contributed by atoms with Crippen LogP contribution >= 0.6 is 12.4 Å². The average Bonchev–Trinajstić information content (AvgIpc) is 2.53. The second-order valence-corrected chi connectivity index (χ2v) is 7.33. The largest absolute Gasteiger partial charge is 0.329 e. The molecular weight excluding hydrogens is 341 g/mol. The number of nitrogens with two attached hydrogens (primary N) is 1. The van der Waals surface area contributed by atoms with Crippen LogP contribution in [0.15, 0.2) is 23.1 Å². The first-order valence-corrected chi connectivity index (χ1v) is 8.88. The van der Waals surface area contributed by atoms with Gasteiger partial charge in [-0.05, 0) is 37.0 Å². The molecule has 1 unspecified atom stereocenters. The van der Waals surface area contributed by atoms with Gasteiger partial charge in [0.2, 0.25) is 10.0 Å². The SMILES string of the molecule is Cl.N#Cc1cc(S(=O)(=O)NC(CN)C2CCCCC2)ccc1F. The van der Waals surface area contributed by atoms with E-state index in [2.05, 4.69) is 4.72 Å². The van der Waals surface area contributed by atoms with Crippen molar-refractivity contribution in [3.8, 4) is 6.07 Å². The van der Waals surface area contributed by atoms with Gasteiger partial charge in [0.25, 0.3) is 0 Å². The van der Waals surface area contributed by atoms with Gasteiger partial charge in [-0.2, -0.15) is 5.26 Å². The van der Waals surface area contributed by atoms with Crippen LogP contribution in [0.4, 0.5) is 4.39 Å². The average molecular weight is 362 g/mol. The first kappa shape index (κ1) is 19.8. The van der Waals surface area contributed by atoms with Crippen molar-refractivity contribution in [3.63, 3.8) is 0 Å². The quantitative estimate of drug-likeness (QED) is 0.841. The van der Waals surface area contributed by atoms with E-state index >= 15 is 0 Å². The minimum absolute atomic E-state index is 0. The number of nitrogens with one attached hydrogen (secondary N) is 1. The number of nitrogens with zero attached hydrogens (tertiary/aromatic N) is 1. The second-order valence-electron chi connectivity index (χ2n) is 5.62. The molecule has 5 nitrogen and oxygen atoms in total. The Morgan fingerprint density at radius 1 is 1.35 bits per heavy atom. The maximum atomic E-state index is 13.3. The van der Waals surface area contributed by atoms with Gasteiger partial charge in [-0.15, -0.1) is 12.4 Å². The molecule has 1 aromatic carbocycles. The molecule has 1 fully saturated rings. The van der Waals surface area contributed by atoms with Gasteiger partial charge in [0.05, 0.1) is 10.5 Å². The van der Waals surface area contributed by atoms with E-state index in [1.165, 1.54) is 6.42 Å². The van der Waals surface area contributed by atoms with E-state index in [-0.39, 0.29) is 41.4 Å². The molecule has 0 radical (unpaired) electrons. The third-order valence-corrected chi connectivity index (χ3v) is 5.64. The van der Waals surface area contributed by atoms with E-state index in [9.17, 15) is 12.8 Å². The van der Waals surface area contributed by atoms with Crippen molar-refractivity contribution in [3.05, 3.63) is 29.6 Å². The molecule has 0 bridgehead atoms. The Morgan fingerprint density at radius 2 is 2.00 bits per heavy atom. The zero-order chi connectivity index (χ0) is 16.2.